The molecule has 0 fully saturated rings. The first-order chi connectivity index (χ1) is 10.4. The summed E-state index contributed by atoms with van der Waals surface area (Å²) in [6, 6.07) is 8.80. The van der Waals surface area contributed by atoms with E-state index in [1.165, 1.54) is 24.8 Å². The highest BCUT2D eigenvalue weighted by molar-refractivity contribution is 7.10. The van der Waals surface area contributed by atoms with E-state index in [0.29, 0.717) is 6.04 Å². The highest BCUT2D eigenvalue weighted by Crippen LogP contribution is 2.33. The van der Waals surface area contributed by atoms with Gasteiger partial charge in [-0.15, -0.1) is 21.5 Å². The van der Waals surface area contributed by atoms with Gasteiger partial charge in [0.05, 0.1) is 0 Å². The lowest BCUT2D eigenvalue weighted by molar-refractivity contribution is 0.464. The molecule has 0 bridgehead atoms. The highest BCUT2D eigenvalue weighted by atomic mass is 32.1. The second-order valence-corrected chi connectivity index (χ2v) is 6.49. The molecule has 108 valence electrons. The number of aryl methyl sites for hydroxylation is 1. The van der Waals surface area contributed by atoms with Gasteiger partial charge in [-0.2, -0.15) is 0 Å². The summed E-state index contributed by atoms with van der Waals surface area (Å²) in [7, 11) is 0. The van der Waals surface area contributed by atoms with Crippen molar-refractivity contribution in [3.63, 3.8) is 0 Å². The molecule has 0 spiro atoms. The third kappa shape index (κ3) is 2.47. The van der Waals surface area contributed by atoms with Gasteiger partial charge in [-0.25, -0.2) is 0 Å². The van der Waals surface area contributed by atoms with E-state index in [9.17, 15) is 0 Å². The van der Waals surface area contributed by atoms with Crippen LogP contribution in [0.4, 0.5) is 0 Å². The topological polar surface area (TPSA) is 42.2 Å². The van der Waals surface area contributed by atoms with Crippen molar-refractivity contribution < 1.29 is 0 Å². The Morgan fingerprint density at radius 3 is 3.29 bits per heavy atom. The summed E-state index contributed by atoms with van der Waals surface area (Å²) >= 11 is 1.90. The molecule has 0 amide bonds. The molecule has 1 unspecified atom stereocenters. The number of aromatic nitrogens is 3. The van der Waals surface area contributed by atoms with Crippen LogP contribution in [0.25, 0.3) is 5.65 Å². The first-order valence-corrected chi connectivity index (χ1v) is 8.38. The Hall–Kier alpha value is -1.72. The number of thiophene rings is 1. The number of nitrogens with zero attached hydrogens (tertiary/aromatic N) is 3. The molecule has 0 aromatic carbocycles. The predicted molar refractivity (Wildman–Crippen MR) is 84.7 cm³/mol. The minimum Gasteiger partial charge on any atom is -0.309 e. The lowest BCUT2D eigenvalue weighted by Gasteiger charge is -2.23. The summed E-state index contributed by atoms with van der Waals surface area (Å²) in [5.74, 6) is 1.03. The third-order valence-corrected chi connectivity index (χ3v) is 5.17. The Labute approximate surface area is 127 Å². The Bertz CT molecular complexity index is 745. The Kier molecular flexibility index (Phi) is 3.45. The van der Waals surface area contributed by atoms with E-state index in [2.05, 4.69) is 31.4 Å². The van der Waals surface area contributed by atoms with Crippen LogP contribution in [0.1, 0.15) is 35.1 Å². The molecular weight excluding hydrogens is 280 g/mol. The Balaban J connectivity index is 1.43. The van der Waals surface area contributed by atoms with E-state index in [4.69, 9.17) is 0 Å². The average molecular weight is 298 g/mol. The van der Waals surface area contributed by atoms with Gasteiger partial charge in [0.1, 0.15) is 5.82 Å². The second kappa shape index (κ2) is 5.58. The molecule has 4 nitrogen and oxygen atoms in total. The normalized spacial score (nSPS) is 18.0. The van der Waals surface area contributed by atoms with Crippen molar-refractivity contribution in [3.05, 3.63) is 52.1 Å². The molecule has 3 heterocycles. The monoisotopic (exact) mass is 298 g/mol. The standard InChI is InChI=1S/C16H18N4S/c1-2-10-20-15(6-1)18-19-16(20)7-9-17-13-4-3-5-14-12(13)8-11-21-14/h1-2,6,8,10-11,13,17H,3-5,7,9H2. The van der Waals surface area contributed by atoms with E-state index >= 15 is 0 Å². The summed E-state index contributed by atoms with van der Waals surface area (Å²) in [6.45, 7) is 0.940. The summed E-state index contributed by atoms with van der Waals surface area (Å²) in [5.41, 5.74) is 2.43. The van der Waals surface area contributed by atoms with E-state index in [1.54, 1.807) is 4.88 Å². The number of hydrogen-bond acceptors (Lipinski definition) is 4. The van der Waals surface area contributed by atoms with Crippen molar-refractivity contribution in [2.45, 2.75) is 31.7 Å². The zero-order chi connectivity index (χ0) is 14.1. The minimum atomic E-state index is 0.513. The van der Waals surface area contributed by atoms with Crippen LogP contribution >= 0.6 is 11.3 Å². The van der Waals surface area contributed by atoms with Gasteiger partial charge in [0.2, 0.25) is 0 Å². The molecule has 4 rings (SSSR count). The summed E-state index contributed by atoms with van der Waals surface area (Å²) < 4.78 is 2.07. The van der Waals surface area contributed by atoms with Gasteiger partial charge in [0.25, 0.3) is 0 Å². The zero-order valence-corrected chi connectivity index (χ0v) is 12.6. The van der Waals surface area contributed by atoms with Crippen LogP contribution in [-0.4, -0.2) is 21.1 Å². The maximum Gasteiger partial charge on any atom is 0.160 e. The highest BCUT2D eigenvalue weighted by Gasteiger charge is 2.20. The van der Waals surface area contributed by atoms with Crippen molar-refractivity contribution in [1.82, 2.24) is 19.9 Å². The van der Waals surface area contributed by atoms with E-state index < -0.39 is 0 Å². The van der Waals surface area contributed by atoms with Crippen molar-refractivity contribution in [2.24, 2.45) is 0 Å². The molecule has 0 radical (unpaired) electrons. The lowest BCUT2D eigenvalue weighted by Crippen LogP contribution is -2.26. The molecule has 1 atom stereocenters. The molecule has 1 N–H and O–H groups in total. The van der Waals surface area contributed by atoms with E-state index in [0.717, 1.165) is 24.4 Å². The molecule has 3 aromatic heterocycles. The van der Waals surface area contributed by atoms with Crippen LogP contribution in [0.15, 0.2) is 35.8 Å². The van der Waals surface area contributed by atoms with Gasteiger partial charge in [-0.1, -0.05) is 6.07 Å². The van der Waals surface area contributed by atoms with Crippen molar-refractivity contribution >= 4 is 17.0 Å². The maximum atomic E-state index is 4.29. The Morgan fingerprint density at radius 1 is 1.29 bits per heavy atom. The van der Waals surface area contributed by atoms with E-state index in [1.807, 2.05) is 35.7 Å². The first kappa shape index (κ1) is 13.0. The van der Waals surface area contributed by atoms with Crippen LogP contribution < -0.4 is 5.32 Å². The maximum absolute atomic E-state index is 4.29. The lowest BCUT2D eigenvalue weighted by atomic mass is 9.94. The summed E-state index contributed by atoms with van der Waals surface area (Å²) in [4.78, 5) is 1.56. The fourth-order valence-corrected chi connectivity index (χ4v) is 4.11. The van der Waals surface area contributed by atoms with Gasteiger partial charge >= 0.3 is 0 Å². The smallest absolute Gasteiger partial charge is 0.160 e. The van der Waals surface area contributed by atoms with Crippen molar-refractivity contribution in [3.8, 4) is 0 Å². The molecule has 0 saturated heterocycles. The van der Waals surface area contributed by atoms with Crippen LogP contribution in [0.3, 0.4) is 0 Å². The number of hydrogen-bond donors (Lipinski definition) is 1. The predicted octanol–water partition coefficient (Wildman–Crippen LogP) is 3.00. The summed E-state index contributed by atoms with van der Waals surface area (Å²) in [6.07, 6.45) is 6.72. The Morgan fingerprint density at radius 2 is 2.29 bits per heavy atom. The molecule has 0 aliphatic heterocycles. The SMILES string of the molecule is c1ccn2c(CCNC3CCCc4sccc43)nnc2c1. The van der Waals surface area contributed by atoms with Crippen molar-refractivity contribution in [2.75, 3.05) is 6.54 Å². The number of fused-ring (bicyclic) bond motifs is 2. The van der Waals surface area contributed by atoms with Crippen LogP contribution in [0.5, 0.6) is 0 Å². The second-order valence-electron chi connectivity index (χ2n) is 5.49. The van der Waals surface area contributed by atoms with Gasteiger partial charge in [-0.05, 0) is 48.4 Å². The quantitative estimate of drug-likeness (QED) is 0.805. The molecule has 0 saturated carbocycles. The number of nitrogens with one attached hydrogen (secondary N) is 1. The number of pyridine rings is 1. The zero-order valence-electron chi connectivity index (χ0n) is 11.8. The van der Waals surface area contributed by atoms with Gasteiger partial charge in [-0.3, -0.25) is 4.40 Å². The van der Waals surface area contributed by atoms with E-state index in [-0.39, 0.29) is 0 Å². The largest absolute Gasteiger partial charge is 0.309 e. The van der Waals surface area contributed by atoms with Crippen molar-refractivity contribution in [1.29, 1.82) is 0 Å². The fourth-order valence-electron chi connectivity index (χ4n) is 3.12. The third-order valence-electron chi connectivity index (χ3n) is 4.18. The van der Waals surface area contributed by atoms with Gasteiger partial charge < -0.3 is 5.32 Å². The van der Waals surface area contributed by atoms with Crippen LogP contribution in [0, 0.1) is 0 Å². The number of rotatable bonds is 4. The molecule has 1 aliphatic carbocycles. The molecule has 3 aromatic rings. The minimum absolute atomic E-state index is 0.513. The summed E-state index contributed by atoms with van der Waals surface area (Å²) in [5, 5.41) is 14.4. The van der Waals surface area contributed by atoms with Crippen LogP contribution in [-0.2, 0) is 12.8 Å². The molecular formula is C16H18N4S. The first-order valence-electron chi connectivity index (χ1n) is 7.50. The van der Waals surface area contributed by atoms with Gasteiger partial charge in [0.15, 0.2) is 5.65 Å². The molecule has 5 heteroatoms. The molecule has 1 aliphatic rings. The van der Waals surface area contributed by atoms with Gasteiger partial charge in [0, 0.05) is 30.1 Å². The average Bonchev–Trinajstić information content (AvgIpc) is 3.15. The molecule has 21 heavy (non-hydrogen) atoms. The van der Waals surface area contributed by atoms with Crippen LogP contribution in [0.2, 0.25) is 0 Å². The fraction of sp³-hybridized carbons (Fsp3) is 0.375.